The van der Waals surface area contributed by atoms with Gasteiger partial charge in [-0.25, -0.2) is 0 Å². The predicted molar refractivity (Wildman–Crippen MR) is 135 cm³/mol. The van der Waals surface area contributed by atoms with Gasteiger partial charge in [-0.05, 0) is 72.9 Å². The van der Waals surface area contributed by atoms with Crippen molar-refractivity contribution in [2.45, 2.75) is 51.6 Å². The standard InChI is InChI=1S/C24H27N5O3S2/c1-13-9-10-16(12-14(13)2)29(24(32)21-18(25)19(22(26)30)28-34-21)20(17-8-5-11-33-17)23(31)27-15-6-3-4-7-15/h5,8-12,15,20H,3-4,6-7,25H2,1-2H3,(H2,26,30)(H,27,31)/t20-/m0/s1. The second kappa shape index (κ2) is 9.94. The molecule has 8 nitrogen and oxygen atoms in total. The molecule has 10 heteroatoms. The molecule has 5 N–H and O–H groups in total. The van der Waals surface area contributed by atoms with Gasteiger partial charge in [0.15, 0.2) is 11.7 Å². The monoisotopic (exact) mass is 497 g/mol. The van der Waals surface area contributed by atoms with Crippen LogP contribution < -0.4 is 21.7 Å². The van der Waals surface area contributed by atoms with Gasteiger partial charge in [-0.2, -0.15) is 4.37 Å². The summed E-state index contributed by atoms with van der Waals surface area (Å²) in [6.45, 7) is 3.93. The average Bonchev–Trinajstić information content (AvgIpc) is 3.56. The lowest BCUT2D eigenvalue weighted by Crippen LogP contribution is -2.46. The van der Waals surface area contributed by atoms with Crippen molar-refractivity contribution in [3.05, 3.63) is 62.3 Å². The van der Waals surface area contributed by atoms with Crippen molar-refractivity contribution in [1.29, 1.82) is 0 Å². The van der Waals surface area contributed by atoms with Gasteiger partial charge in [0, 0.05) is 16.6 Å². The molecule has 2 heterocycles. The van der Waals surface area contributed by atoms with Gasteiger partial charge in [-0.15, -0.1) is 11.3 Å². The van der Waals surface area contributed by atoms with E-state index >= 15 is 0 Å². The molecule has 34 heavy (non-hydrogen) atoms. The van der Waals surface area contributed by atoms with Crippen molar-refractivity contribution in [3.8, 4) is 0 Å². The molecule has 3 aromatic rings. The van der Waals surface area contributed by atoms with Crippen LogP contribution >= 0.6 is 22.9 Å². The minimum atomic E-state index is -0.909. The van der Waals surface area contributed by atoms with Crippen LogP contribution in [0.5, 0.6) is 0 Å². The molecule has 4 rings (SSSR count). The first-order valence-corrected chi connectivity index (χ1v) is 12.7. The van der Waals surface area contributed by atoms with Gasteiger partial charge < -0.3 is 16.8 Å². The number of nitrogens with zero attached hydrogens (tertiary/aromatic N) is 2. The lowest BCUT2D eigenvalue weighted by molar-refractivity contribution is -0.123. The van der Waals surface area contributed by atoms with Crippen LogP contribution in [0.15, 0.2) is 35.7 Å². The number of amides is 3. The molecule has 1 aliphatic carbocycles. The summed E-state index contributed by atoms with van der Waals surface area (Å²) in [5, 5.41) is 5.02. The third-order valence-corrected chi connectivity index (χ3v) is 7.94. The van der Waals surface area contributed by atoms with Crippen LogP contribution in [0.25, 0.3) is 0 Å². The highest BCUT2D eigenvalue weighted by Gasteiger charge is 2.37. The van der Waals surface area contributed by atoms with Gasteiger partial charge in [-0.1, -0.05) is 25.0 Å². The second-order valence-electron chi connectivity index (χ2n) is 8.49. The maximum Gasteiger partial charge on any atom is 0.273 e. The zero-order valence-corrected chi connectivity index (χ0v) is 20.7. The Morgan fingerprint density at radius 1 is 1.15 bits per heavy atom. The summed E-state index contributed by atoms with van der Waals surface area (Å²) in [6.07, 6.45) is 3.98. The van der Waals surface area contributed by atoms with Crippen LogP contribution in [-0.4, -0.2) is 28.1 Å². The molecule has 2 aromatic heterocycles. The Morgan fingerprint density at radius 3 is 2.47 bits per heavy atom. The van der Waals surface area contributed by atoms with Gasteiger partial charge in [-0.3, -0.25) is 19.3 Å². The summed E-state index contributed by atoms with van der Waals surface area (Å²) in [6, 6.07) is 8.48. The number of aryl methyl sites for hydroxylation is 2. The summed E-state index contributed by atoms with van der Waals surface area (Å²) in [5.41, 5.74) is 13.9. The van der Waals surface area contributed by atoms with Crippen molar-refractivity contribution in [2.24, 2.45) is 5.73 Å². The third-order valence-electron chi connectivity index (χ3n) is 6.16. The first kappa shape index (κ1) is 23.9. The first-order valence-electron chi connectivity index (χ1n) is 11.1. The lowest BCUT2D eigenvalue weighted by atomic mass is 10.1. The van der Waals surface area contributed by atoms with E-state index < -0.39 is 17.9 Å². The average molecular weight is 498 g/mol. The molecule has 1 aliphatic rings. The highest BCUT2D eigenvalue weighted by atomic mass is 32.1. The number of hydrogen-bond acceptors (Lipinski definition) is 7. The number of aromatic nitrogens is 1. The highest BCUT2D eigenvalue weighted by molar-refractivity contribution is 7.10. The molecular weight excluding hydrogens is 470 g/mol. The fraction of sp³-hybridized carbons (Fsp3) is 0.333. The molecule has 178 valence electrons. The number of benzene rings is 1. The molecule has 0 aliphatic heterocycles. The third kappa shape index (κ3) is 4.69. The van der Waals surface area contributed by atoms with Crippen molar-refractivity contribution in [3.63, 3.8) is 0 Å². The van der Waals surface area contributed by atoms with E-state index in [1.54, 1.807) is 0 Å². The van der Waals surface area contributed by atoms with Crippen molar-refractivity contribution in [1.82, 2.24) is 9.69 Å². The Labute approximate surface area is 206 Å². The smallest absolute Gasteiger partial charge is 0.273 e. The topological polar surface area (TPSA) is 131 Å². The van der Waals surface area contributed by atoms with Gasteiger partial charge in [0.2, 0.25) is 5.91 Å². The molecule has 0 unspecified atom stereocenters. The Kier molecular flexibility index (Phi) is 6.99. The van der Waals surface area contributed by atoms with Crippen LogP contribution in [0, 0.1) is 13.8 Å². The molecule has 1 aromatic carbocycles. The number of nitrogen functional groups attached to an aromatic ring is 1. The highest BCUT2D eigenvalue weighted by Crippen LogP contribution is 2.35. The van der Waals surface area contributed by atoms with Gasteiger partial charge in [0.1, 0.15) is 4.88 Å². The summed E-state index contributed by atoms with van der Waals surface area (Å²) >= 11 is 2.21. The minimum Gasteiger partial charge on any atom is -0.395 e. The number of primary amides is 1. The zero-order valence-electron chi connectivity index (χ0n) is 19.0. The van der Waals surface area contributed by atoms with Crippen molar-refractivity contribution in [2.75, 3.05) is 10.6 Å². The van der Waals surface area contributed by atoms with Gasteiger partial charge >= 0.3 is 0 Å². The molecule has 0 bridgehead atoms. The summed E-state index contributed by atoms with van der Waals surface area (Å²) < 4.78 is 3.99. The zero-order chi connectivity index (χ0) is 24.4. The molecule has 0 saturated heterocycles. The van der Waals surface area contributed by atoms with Crippen LogP contribution in [0.3, 0.4) is 0 Å². The first-order chi connectivity index (χ1) is 16.3. The second-order valence-corrected chi connectivity index (χ2v) is 10.2. The van der Waals surface area contributed by atoms with E-state index in [1.807, 2.05) is 49.6 Å². The molecule has 1 saturated carbocycles. The number of nitrogens with two attached hydrogens (primary N) is 2. The minimum absolute atomic E-state index is 0.0715. The maximum absolute atomic E-state index is 14.0. The quantitative estimate of drug-likeness (QED) is 0.455. The van der Waals surface area contributed by atoms with Crippen molar-refractivity contribution < 1.29 is 14.4 Å². The van der Waals surface area contributed by atoms with Crippen LogP contribution in [0.4, 0.5) is 11.4 Å². The number of nitrogens with one attached hydrogen (secondary N) is 1. The van der Waals surface area contributed by atoms with Crippen LogP contribution in [-0.2, 0) is 4.79 Å². The SMILES string of the molecule is Cc1ccc(N(C(=O)c2snc(C(N)=O)c2N)[C@H](C(=O)NC2CCCC2)c2cccs2)cc1C. The number of rotatable bonds is 7. The number of carbonyl (C=O) groups is 3. The Balaban J connectivity index is 1.83. The van der Waals surface area contributed by atoms with E-state index in [0.717, 1.165) is 53.2 Å². The fourth-order valence-electron chi connectivity index (χ4n) is 4.17. The molecule has 1 atom stereocenters. The molecule has 0 radical (unpaired) electrons. The summed E-state index contributed by atoms with van der Waals surface area (Å²) in [5.74, 6) is -1.57. The van der Waals surface area contributed by atoms with Crippen LogP contribution in [0.1, 0.15) is 67.9 Å². The molecule has 0 spiro atoms. The van der Waals surface area contributed by atoms with E-state index in [4.69, 9.17) is 11.5 Å². The fourth-order valence-corrected chi connectivity index (χ4v) is 5.72. The van der Waals surface area contributed by atoms with E-state index in [0.29, 0.717) is 5.69 Å². The van der Waals surface area contributed by atoms with E-state index in [9.17, 15) is 14.4 Å². The maximum atomic E-state index is 14.0. The van der Waals surface area contributed by atoms with E-state index in [2.05, 4.69) is 9.69 Å². The number of hydrogen-bond donors (Lipinski definition) is 3. The predicted octanol–water partition coefficient (Wildman–Crippen LogP) is 3.95. The van der Waals surface area contributed by atoms with E-state index in [1.165, 1.54) is 16.2 Å². The summed E-state index contributed by atoms with van der Waals surface area (Å²) in [4.78, 5) is 41.6. The Hall–Kier alpha value is -3.24. The lowest BCUT2D eigenvalue weighted by Gasteiger charge is -2.31. The number of carbonyl (C=O) groups excluding carboxylic acids is 3. The van der Waals surface area contributed by atoms with Crippen LogP contribution in [0.2, 0.25) is 0 Å². The van der Waals surface area contributed by atoms with Crippen molar-refractivity contribution >= 4 is 52.0 Å². The Morgan fingerprint density at radius 2 is 1.88 bits per heavy atom. The largest absolute Gasteiger partial charge is 0.395 e. The summed E-state index contributed by atoms with van der Waals surface area (Å²) in [7, 11) is 0. The number of anilines is 2. The van der Waals surface area contributed by atoms with Gasteiger partial charge in [0.25, 0.3) is 11.8 Å². The number of thiophene rings is 1. The van der Waals surface area contributed by atoms with Gasteiger partial charge in [0.05, 0.1) is 5.69 Å². The normalized spacial score (nSPS) is 14.6. The molecular formula is C24H27N5O3S2. The molecule has 3 amide bonds. The Bertz CT molecular complexity index is 1220. The molecule has 1 fully saturated rings. The van der Waals surface area contributed by atoms with E-state index in [-0.39, 0.29) is 28.2 Å².